The van der Waals surface area contributed by atoms with Gasteiger partial charge in [-0.15, -0.1) is 0 Å². The third-order valence-corrected chi connectivity index (χ3v) is 2.63. The van der Waals surface area contributed by atoms with Gasteiger partial charge >= 0.3 is 0 Å². The van der Waals surface area contributed by atoms with Crippen LogP contribution in [0.2, 0.25) is 0 Å². The van der Waals surface area contributed by atoms with Crippen LogP contribution in [0.3, 0.4) is 0 Å². The molecule has 1 aliphatic rings. The zero-order valence-electron chi connectivity index (χ0n) is 8.60. The van der Waals surface area contributed by atoms with Crippen LogP contribution in [0.15, 0.2) is 6.20 Å². The lowest BCUT2D eigenvalue weighted by atomic mass is 9.82. The second kappa shape index (κ2) is 4.34. The maximum absolute atomic E-state index is 11.8. The molecule has 0 spiro atoms. The molecular formula is C10H11N3O3. The first-order valence-electron chi connectivity index (χ1n) is 5.11. The van der Waals surface area contributed by atoms with Crippen molar-refractivity contribution < 1.29 is 14.4 Å². The van der Waals surface area contributed by atoms with Crippen molar-refractivity contribution in [3.05, 3.63) is 11.9 Å². The monoisotopic (exact) mass is 221 g/mol. The van der Waals surface area contributed by atoms with Crippen LogP contribution in [0.5, 0.6) is 0 Å². The van der Waals surface area contributed by atoms with Crippen LogP contribution in [0.1, 0.15) is 25.0 Å². The summed E-state index contributed by atoms with van der Waals surface area (Å²) >= 11 is 0. The van der Waals surface area contributed by atoms with E-state index in [4.69, 9.17) is 0 Å². The number of nitrogens with zero attached hydrogens (tertiary/aromatic N) is 2. The second-order valence-electron chi connectivity index (χ2n) is 3.82. The molecule has 1 fully saturated rings. The number of aromatic amines is 1. The van der Waals surface area contributed by atoms with Crippen LogP contribution < -0.4 is 0 Å². The van der Waals surface area contributed by atoms with Gasteiger partial charge in [0.1, 0.15) is 5.92 Å². The molecule has 1 aromatic rings. The SMILES string of the molecule is O=C1CCCC(=O)C1C(=O)Cc1cn[nH]n1. The van der Waals surface area contributed by atoms with Gasteiger partial charge in [0.05, 0.1) is 18.3 Å². The highest BCUT2D eigenvalue weighted by atomic mass is 16.2. The number of rotatable bonds is 3. The first-order chi connectivity index (χ1) is 7.68. The Bertz CT molecular complexity index is 409. The minimum Gasteiger partial charge on any atom is -0.298 e. The molecule has 2 rings (SSSR count). The molecular weight excluding hydrogens is 210 g/mol. The van der Waals surface area contributed by atoms with Gasteiger partial charge in [0.2, 0.25) is 0 Å². The van der Waals surface area contributed by atoms with Gasteiger partial charge < -0.3 is 0 Å². The van der Waals surface area contributed by atoms with Crippen LogP contribution >= 0.6 is 0 Å². The lowest BCUT2D eigenvalue weighted by molar-refractivity contribution is -0.141. The molecule has 6 nitrogen and oxygen atoms in total. The minimum atomic E-state index is -1.06. The van der Waals surface area contributed by atoms with Crippen molar-refractivity contribution in [1.29, 1.82) is 0 Å². The van der Waals surface area contributed by atoms with Crippen LogP contribution in [0, 0.1) is 5.92 Å². The first-order valence-corrected chi connectivity index (χ1v) is 5.11. The number of carbonyl (C=O) groups excluding carboxylic acids is 3. The molecule has 1 heterocycles. The highest BCUT2D eigenvalue weighted by molar-refractivity contribution is 6.20. The average Bonchev–Trinajstić information content (AvgIpc) is 2.70. The minimum absolute atomic E-state index is 0.0152. The average molecular weight is 221 g/mol. The number of hydrogen-bond acceptors (Lipinski definition) is 5. The van der Waals surface area contributed by atoms with Crippen LogP contribution in [0.25, 0.3) is 0 Å². The number of ketones is 3. The number of H-pyrrole nitrogens is 1. The van der Waals surface area contributed by atoms with E-state index in [1.165, 1.54) is 6.20 Å². The van der Waals surface area contributed by atoms with Gasteiger partial charge in [0.25, 0.3) is 0 Å². The van der Waals surface area contributed by atoms with Gasteiger partial charge in [-0.1, -0.05) is 0 Å². The van der Waals surface area contributed by atoms with E-state index >= 15 is 0 Å². The molecule has 0 amide bonds. The lowest BCUT2D eigenvalue weighted by Crippen LogP contribution is -2.36. The van der Waals surface area contributed by atoms with Crippen LogP contribution in [0.4, 0.5) is 0 Å². The van der Waals surface area contributed by atoms with E-state index in [1.54, 1.807) is 0 Å². The van der Waals surface area contributed by atoms with Gasteiger partial charge in [0.15, 0.2) is 17.3 Å². The molecule has 0 aliphatic heterocycles. The second-order valence-corrected chi connectivity index (χ2v) is 3.82. The number of nitrogens with one attached hydrogen (secondary N) is 1. The molecule has 0 saturated heterocycles. The Morgan fingerprint density at radius 2 is 2.06 bits per heavy atom. The number of carbonyl (C=O) groups is 3. The Morgan fingerprint density at radius 1 is 1.38 bits per heavy atom. The summed E-state index contributed by atoms with van der Waals surface area (Å²) in [6.45, 7) is 0. The number of aromatic nitrogens is 3. The van der Waals surface area contributed by atoms with Gasteiger partial charge in [0, 0.05) is 12.8 Å². The Kier molecular flexibility index (Phi) is 2.89. The largest absolute Gasteiger partial charge is 0.298 e. The molecule has 0 bridgehead atoms. The predicted octanol–water partition coefficient (Wildman–Crippen LogP) is -0.145. The maximum Gasteiger partial charge on any atom is 0.156 e. The molecule has 6 heteroatoms. The Morgan fingerprint density at radius 3 is 2.62 bits per heavy atom. The highest BCUT2D eigenvalue weighted by Crippen LogP contribution is 2.19. The van der Waals surface area contributed by atoms with Gasteiger partial charge in [-0.05, 0) is 6.42 Å². The summed E-state index contributed by atoms with van der Waals surface area (Å²) in [6, 6.07) is 0. The number of hydrogen-bond donors (Lipinski definition) is 1. The third kappa shape index (κ3) is 2.05. The van der Waals surface area contributed by atoms with Gasteiger partial charge in [-0.2, -0.15) is 15.4 Å². The molecule has 0 aromatic carbocycles. The van der Waals surface area contributed by atoms with Crippen molar-refractivity contribution in [3.63, 3.8) is 0 Å². The van der Waals surface area contributed by atoms with E-state index in [9.17, 15) is 14.4 Å². The Labute approximate surface area is 91.4 Å². The number of Topliss-reactive ketones (excluding diaryl/α,β-unsaturated/α-hetero) is 3. The van der Waals surface area contributed by atoms with Crippen molar-refractivity contribution in [2.24, 2.45) is 5.92 Å². The smallest absolute Gasteiger partial charge is 0.156 e. The van der Waals surface area contributed by atoms with E-state index in [2.05, 4.69) is 15.4 Å². The molecule has 1 saturated carbocycles. The van der Waals surface area contributed by atoms with Gasteiger partial charge in [-0.3, -0.25) is 14.4 Å². The molecule has 1 N–H and O–H groups in total. The summed E-state index contributed by atoms with van der Waals surface area (Å²) in [5.74, 6) is -1.96. The van der Waals surface area contributed by atoms with Crippen molar-refractivity contribution in [1.82, 2.24) is 15.4 Å². The summed E-state index contributed by atoms with van der Waals surface area (Å²) in [5.41, 5.74) is 0.455. The van der Waals surface area contributed by atoms with E-state index in [1.807, 2.05) is 0 Å². The first kappa shape index (κ1) is 10.7. The topological polar surface area (TPSA) is 92.8 Å². The van der Waals surface area contributed by atoms with E-state index in [-0.39, 0.29) is 23.8 Å². The predicted molar refractivity (Wildman–Crippen MR) is 52.4 cm³/mol. The Hall–Kier alpha value is -1.85. The molecule has 0 radical (unpaired) electrons. The molecule has 0 atom stereocenters. The van der Waals surface area contributed by atoms with Crippen molar-refractivity contribution >= 4 is 17.3 Å². The molecule has 1 aromatic heterocycles. The van der Waals surface area contributed by atoms with Crippen molar-refractivity contribution in [2.45, 2.75) is 25.7 Å². The Balaban J connectivity index is 2.08. The van der Waals surface area contributed by atoms with Gasteiger partial charge in [-0.25, -0.2) is 0 Å². The van der Waals surface area contributed by atoms with E-state index in [0.29, 0.717) is 25.0 Å². The highest BCUT2D eigenvalue weighted by Gasteiger charge is 2.35. The maximum atomic E-state index is 11.8. The van der Waals surface area contributed by atoms with Crippen LogP contribution in [-0.2, 0) is 20.8 Å². The van der Waals surface area contributed by atoms with Crippen molar-refractivity contribution in [2.75, 3.05) is 0 Å². The molecule has 0 unspecified atom stereocenters. The summed E-state index contributed by atoms with van der Waals surface area (Å²) in [4.78, 5) is 34.7. The summed E-state index contributed by atoms with van der Waals surface area (Å²) in [7, 11) is 0. The van der Waals surface area contributed by atoms with Crippen molar-refractivity contribution in [3.8, 4) is 0 Å². The summed E-state index contributed by atoms with van der Waals surface area (Å²) in [6.07, 6.45) is 2.60. The van der Waals surface area contributed by atoms with Crippen LogP contribution in [-0.4, -0.2) is 32.8 Å². The summed E-state index contributed by atoms with van der Waals surface area (Å²) < 4.78 is 0. The fraction of sp³-hybridized carbons (Fsp3) is 0.500. The standard InChI is InChI=1S/C10H11N3O3/c14-7-2-1-3-8(15)10(7)9(16)4-6-5-11-13-12-6/h5,10H,1-4H2,(H,11,12,13). The summed E-state index contributed by atoms with van der Waals surface area (Å²) in [5, 5.41) is 9.66. The quantitative estimate of drug-likeness (QED) is 0.717. The fourth-order valence-corrected chi connectivity index (χ4v) is 1.86. The fourth-order valence-electron chi connectivity index (χ4n) is 1.86. The van der Waals surface area contributed by atoms with E-state index < -0.39 is 5.92 Å². The lowest BCUT2D eigenvalue weighted by Gasteiger charge is -2.17. The zero-order valence-corrected chi connectivity index (χ0v) is 8.60. The third-order valence-electron chi connectivity index (χ3n) is 2.63. The van der Waals surface area contributed by atoms with E-state index in [0.717, 1.165) is 0 Å². The molecule has 16 heavy (non-hydrogen) atoms. The molecule has 1 aliphatic carbocycles. The normalized spacial score (nSPS) is 17.8. The molecule has 84 valence electrons. The zero-order chi connectivity index (χ0) is 11.5.